The molecule has 0 atom stereocenters. The van der Waals surface area contributed by atoms with Crippen molar-refractivity contribution in [3.8, 4) is 0 Å². The lowest BCUT2D eigenvalue weighted by molar-refractivity contribution is -0.119. The second-order valence-corrected chi connectivity index (χ2v) is 6.26. The third-order valence-corrected chi connectivity index (χ3v) is 4.49. The Morgan fingerprint density at radius 1 is 1.12 bits per heavy atom. The summed E-state index contributed by atoms with van der Waals surface area (Å²) in [5.41, 5.74) is 1.69. The number of para-hydroxylation sites is 2. The van der Waals surface area contributed by atoms with Gasteiger partial charge in [-0.3, -0.25) is 15.2 Å². The third-order valence-electron chi connectivity index (χ3n) is 3.54. The Hall–Kier alpha value is -3.26. The molecule has 124 valence electrons. The molecule has 2 N–H and O–H groups in total. The molecule has 0 aliphatic heterocycles. The van der Waals surface area contributed by atoms with Crippen LogP contribution < -0.4 is 5.32 Å². The van der Waals surface area contributed by atoms with E-state index in [0.29, 0.717) is 10.5 Å². The fraction of sp³-hybridized carbons (Fsp3) is 0.0588. The number of rotatable bonds is 4. The molecule has 0 spiro atoms. The van der Waals surface area contributed by atoms with Crippen LogP contribution in [-0.4, -0.2) is 33.7 Å². The summed E-state index contributed by atoms with van der Waals surface area (Å²) in [6.45, 7) is -0.407. The predicted molar refractivity (Wildman–Crippen MR) is 94.6 cm³/mol. The van der Waals surface area contributed by atoms with E-state index in [1.54, 1.807) is 18.2 Å². The molecule has 0 radical (unpaired) electrons. The lowest BCUT2D eigenvalue weighted by Gasteiger charge is -2.03. The molecule has 2 aromatic heterocycles. The fourth-order valence-corrected chi connectivity index (χ4v) is 3.28. The maximum absolute atomic E-state index is 12.1. The van der Waals surface area contributed by atoms with Crippen molar-refractivity contribution in [1.29, 1.82) is 0 Å². The second kappa shape index (κ2) is 6.33. The highest BCUT2D eigenvalue weighted by molar-refractivity contribution is 7.22. The Labute approximate surface area is 145 Å². The van der Waals surface area contributed by atoms with Gasteiger partial charge in [-0.2, -0.15) is 5.10 Å². The number of H-pyrrole nitrogens is 1. The molecule has 0 unspecified atom stereocenters. The van der Waals surface area contributed by atoms with Crippen LogP contribution in [-0.2, 0) is 9.53 Å². The first-order chi connectivity index (χ1) is 12.2. The lowest BCUT2D eigenvalue weighted by atomic mass is 10.2. The SMILES string of the molecule is O=C(COC(=O)c1n[nH]c2ccccc12)Nc1nc2ccccc2s1. The van der Waals surface area contributed by atoms with Gasteiger partial charge < -0.3 is 4.74 Å². The van der Waals surface area contributed by atoms with E-state index < -0.39 is 18.5 Å². The van der Waals surface area contributed by atoms with E-state index >= 15 is 0 Å². The zero-order valence-electron chi connectivity index (χ0n) is 12.9. The molecule has 0 aliphatic rings. The Morgan fingerprint density at radius 3 is 2.80 bits per heavy atom. The summed E-state index contributed by atoms with van der Waals surface area (Å²) in [5.74, 6) is -1.11. The minimum atomic E-state index is -0.656. The number of thiazole rings is 1. The number of ether oxygens (including phenoxy) is 1. The predicted octanol–water partition coefficient (Wildman–Crippen LogP) is 2.97. The summed E-state index contributed by atoms with van der Waals surface area (Å²) in [6.07, 6.45) is 0. The van der Waals surface area contributed by atoms with E-state index in [1.165, 1.54) is 11.3 Å². The van der Waals surface area contributed by atoms with Crippen LogP contribution in [0.3, 0.4) is 0 Å². The number of amides is 1. The molecule has 7 nitrogen and oxygen atoms in total. The molecule has 0 aliphatic carbocycles. The number of nitrogens with one attached hydrogen (secondary N) is 2. The molecule has 2 heterocycles. The maximum atomic E-state index is 12.1. The topological polar surface area (TPSA) is 97.0 Å². The zero-order valence-corrected chi connectivity index (χ0v) is 13.7. The Bertz CT molecular complexity index is 1050. The number of hydrogen-bond donors (Lipinski definition) is 2. The molecule has 1 amide bonds. The number of aromatic amines is 1. The standard InChI is InChI=1S/C17H12N4O3S/c22-14(19-17-18-12-7-3-4-8-13(12)25-17)9-24-16(23)15-10-5-1-2-6-11(10)20-21-15/h1-8H,9H2,(H,20,21)(H,18,19,22). The van der Waals surface area contributed by atoms with Gasteiger partial charge in [0, 0.05) is 5.39 Å². The highest BCUT2D eigenvalue weighted by atomic mass is 32.1. The van der Waals surface area contributed by atoms with E-state index in [2.05, 4.69) is 20.5 Å². The van der Waals surface area contributed by atoms with Crippen molar-refractivity contribution in [1.82, 2.24) is 15.2 Å². The zero-order chi connectivity index (χ0) is 17.2. The molecule has 4 aromatic rings. The van der Waals surface area contributed by atoms with Crippen molar-refractivity contribution in [2.75, 3.05) is 11.9 Å². The first kappa shape index (κ1) is 15.3. The molecule has 4 rings (SSSR count). The van der Waals surface area contributed by atoms with E-state index in [9.17, 15) is 9.59 Å². The van der Waals surface area contributed by atoms with Crippen molar-refractivity contribution in [2.24, 2.45) is 0 Å². The van der Waals surface area contributed by atoms with Gasteiger partial charge in [0.1, 0.15) is 0 Å². The van der Waals surface area contributed by atoms with Crippen LogP contribution in [0.2, 0.25) is 0 Å². The summed E-state index contributed by atoms with van der Waals surface area (Å²) in [7, 11) is 0. The van der Waals surface area contributed by atoms with Crippen LogP contribution in [0, 0.1) is 0 Å². The number of carbonyl (C=O) groups is 2. The average molecular weight is 352 g/mol. The van der Waals surface area contributed by atoms with Crippen molar-refractivity contribution >= 4 is 49.5 Å². The molecule has 0 saturated carbocycles. The van der Waals surface area contributed by atoms with Crippen molar-refractivity contribution in [3.63, 3.8) is 0 Å². The molecule has 8 heteroatoms. The molecule has 0 saturated heterocycles. The molecule has 0 bridgehead atoms. The smallest absolute Gasteiger partial charge is 0.359 e. The van der Waals surface area contributed by atoms with E-state index in [0.717, 1.165) is 15.7 Å². The molecule has 2 aromatic carbocycles. The Morgan fingerprint density at radius 2 is 1.92 bits per heavy atom. The summed E-state index contributed by atoms with van der Waals surface area (Å²) < 4.78 is 6.02. The third kappa shape index (κ3) is 3.07. The number of esters is 1. The monoisotopic (exact) mass is 352 g/mol. The van der Waals surface area contributed by atoms with Crippen LogP contribution >= 0.6 is 11.3 Å². The highest BCUT2D eigenvalue weighted by Crippen LogP contribution is 2.25. The van der Waals surface area contributed by atoms with E-state index in [4.69, 9.17) is 4.74 Å². The van der Waals surface area contributed by atoms with Gasteiger partial charge >= 0.3 is 5.97 Å². The first-order valence-electron chi connectivity index (χ1n) is 7.46. The van der Waals surface area contributed by atoms with Crippen molar-refractivity contribution in [3.05, 3.63) is 54.2 Å². The number of fused-ring (bicyclic) bond motifs is 2. The van der Waals surface area contributed by atoms with Gasteiger partial charge in [-0.05, 0) is 18.2 Å². The number of benzene rings is 2. The van der Waals surface area contributed by atoms with Crippen LogP contribution in [0.4, 0.5) is 5.13 Å². The lowest BCUT2D eigenvalue weighted by Crippen LogP contribution is -2.21. The van der Waals surface area contributed by atoms with Crippen molar-refractivity contribution in [2.45, 2.75) is 0 Å². The largest absolute Gasteiger partial charge is 0.451 e. The second-order valence-electron chi connectivity index (χ2n) is 5.23. The molecular formula is C17H12N4O3S. The van der Waals surface area contributed by atoms with Crippen molar-refractivity contribution < 1.29 is 14.3 Å². The van der Waals surface area contributed by atoms with Gasteiger partial charge in [-0.25, -0.2) is 9.78 Å². The van der Waals surface area contributed by atoms with Crippen LogP contribution in [0.15, 0.2) is 48.5 Å². The number of anilines is 1. The normalized spacial score (nSPS) is 10.9. The summed E-state index contributed by atoms with van der Waals surface area (Å²) in [6, 6.07) is 14.8. The number of aromatic nitrogens is 3. The molecule has 0 fully saturated rings. The number of hydrogen-bond acceptors (Lipinski definition) is 6. The van der Waals surface area contributed by atoms with Crippen LogP contribution in [0.1, 0.15) is 10.5 Å². The van der Waals surface area contributed by atoms with Gasteiger partial charge in [-0.15, -0.1) is 0 Å². The summed E-state index contributed by atoms with van der Waals surface area (Å²) in [4.78, 5) is 28.4. The molecule has 25 heavy (non-hydrogen) atoms. The Balaban J connectivity index is 1.40. The van der Waals surface area contributed by atoms with Crippen LogP contribution in [0.25, 0.3) is 21.1 Å². The van der Waals surface area contributed by atoms with Gasteiger partial charge in [0.2, 0.25) is 0 Å². The van der Waals surface area contributed by atoms with Gasteiger partial charge in [0.05, 0.1) is 15.7 Å². The van der Waals surface area contributed by atoms with Gasteiger partial charge in [0.15, 0.2) is 17.4 Å². The number of carbonyl (C=O) groups excluding carboxylic acids is 2. The fourth-order valence-electron chi connectivity index (χ4n) is 2.40. The minimum Gasteiger partial charge on any atom is -0.451 e. The quantitative estimate of drug-likeness (QED) is 0.550. The van der Waals surface area contributed by atoms with E-state index in [1.807, 2.05) is 30.3 Å². The first-order valence-corrected chi connectivity index (χ1v) is 8.28. The summed E-state index contributed by atoms with van der Waals surface area (Å²) in [5, 5.41) is 10.4. The average Bonchev–Trinajstić information content (AvgIpc) is 3.23. The molecular weight excluding hydrogens is 340 g/mol. The summed E-state index contributed by atoms with van der Waals surface area (Å²) >= 11 is 1.36. The van der Waals surface area contributed by atoms with Gasteiger partial charge in [0.25, 0.3) is 5.91 Å². The maximum Gasteiger partial charge on any atom is 0.359 e. The van der Waals surface area contributed by atoms with Crippen LogP contribution in [0.5, 0.6) is 0 Å². The highest BCUT2D eigenvalue weighted by Gasteiger charge is 2.17. The van der Waals surface area contributed by atoms with Gasteiger partial charge in [-0.1, -0.05) is 41.7 Å². The minimum absolute atomic E-state index is 0.156. The van der Waals surface area contributed by atoms with E-state index in [-0.39, 0.29) is 5.69 Å². The number of nitrogens with zero attached hydrogens (tertiary/aromatic N) is 2. The Kier molecular flexibility index (Phi) is 3.87.